The first-order chi connectivity index (χ1) is 12.3. The fraction of sp³-hybridized carbons (Fsp3) is 0.333. The third-order valence-corrected chi connectivity index (χ3v) is 3.89. The lowest BCUT2D eigenvalue weighted by atomic mass is 10.1. The number of alkyl halides is 3. The number of ether oxygens (including phenoxy) is 2. The molecule has 3 aromatic rings. The van der Waals surface area contributed by atoms with E-state index >= 15 is 0 Å². The third kappa shape index (κ3) is 3.65. The summed E-state index contributed by atoms with van der Waals surface area (Å²) in [7, 11) is 0. The number of nitrogens with one attached hydrogen (secondary N) is 1. The monoisotopic (exact) mass is 366 g/mol. The Morgan fingerprint density at radius 2 is 2.00 bits per heavy atom. The van der Waals surface area contributed by atoms with Gasteiger partial charge in [0.25, 0.3) is 0 Å². The Morgan fingerprint density at radius 1 is 1.27 bits per heavy atom. The van der Waals surface area contributed by atoms with Crippen molar-refractivity contribution in [2.24, 2.45) is 0 Å². The molecule has 3 rings (SSSR count). The highest BCUT2D eigenvalue weighted by molar-refractivity contribution is 6.09. The smallest absolute Gasteiger partial charge is 0.411 e. The maximum atomic E-state index is 12.5. The van der Waals surface area contributed by atoms with E-state index in [-0.39, 0.29) is 18.0 Å². The zero-order chi connectivity index (χ0) is 18.9. The number of halogens is 3. The summed E-state index contributed by atoms with van der Waals surface area (Å²) in [6.45, 7) is 1.90. The van der Waals surface area contributed by atoms with Gasteiger partial charge in [0.1, 0.15) is 12.3 Å². The van der Waals surface area contributed by atoms with Gasteiger partial charge < -0.3 is 14.5 Å². The highest BCUT2D eigenvalue weighted by Gasteiger charge is 2.30. The summed E-state index contributed by atoms with van der Waals surface area (Å²) in [5, 5.41) is 1.51. The standard InChI is InChI=1S/C18H17F3N2O3/c1-3-25-17(24)14-8-12-11-6-4-5-7-13(11)22-16(12)15(23-14)10(2)26-9-18(19,20)21/h4-8,10,22H,3,9H2,1-2H3. The van der Waals surface area contributed by atoms with E-state index in [9.17, 15) is 18.0 Å². The van der Waals surface area contributed by atoms with E-state index in [0.717, 1.165) is 10.9 Å². The van der Waals surface area contributed by atoms with Crippen LogP contribution in [0.25, 0.3) is 21.8 Å². The molecule has 5 nitrogen and oxygen atoms in total. The predicted octanol–water partition coefficient (Wildman–Crippen LogP) is 4.53. The summed E-state index contributed by atoms with van der Waals surface area (Å²) in [4.78, 5) is 19.5. The van der Waals surface area contributed by atoms with Gasteiger partial charge in [-0.15, -0.1) is 0 Å². The van der Waals surface area contributed by atoms with Crippen LogP contribution in [0.1, 0.15) is 36.1 Å². The molecule has 8 heteroatoms. The van der Waals surface area contributed by atoms with Crippen molar-refractivity contribution in [1.29, 1.82) is 0 Å². The largest absolute Gasteiger partial charge is 0.461 e. The fourth-order valence-electron chi connectivity index (χ4n) is 2.77. The molecule has 26 heavy (non-hydrogen) atoms. The van der Waals surface area contributed by atoms with Crippen LogP contribution in [0.4, 0.5) is 13.2 Å². The number of rotatable bonds is 5. The van der Waals surface area contributed by atoms with Crippen molar-refractivity contribution in [3.05, 3.63) is 41.7 Å². The van der Waals surface area contributed by atoms with Gasteiger partial charge in [0, 0.05) is 16.3 Å². The van der Waals surface area contributed by atoms with E-state index in [2.05, 4.69) is 9.97 Å². The highest BCUT2D eigenvalue weighted by atomic mass is 19.4. The molecule has 0 spiro atoms. The number of esters is 1. The summed E-state index contributed by atoms with van der Waals surface area (Å²) in [6.07, 6.45) is -5.42. The first-order valence-corrected chi connectivity index (χ1v) is 8.07. The number of hydrogen-bond donors (Lipinski definition) is 1. The van der Waals surface area contributed by atoms with Crippen molar-refractivity contribution in [2.45, 2.75) is 26.1 Å². The molecule has 2 aromatic heterocycles. The number of nitrogens with zero attached hydrogens (tertiary/aromatic N) is 1. The molecule has 2 heterocycles. The zero-order valence-corrected chi connectivity index (χ0v) is 14.2. The predicted molar refractivity (Wildman–Crippen MR) is 90.0 cm³/mol. The summed E-state index contributed by atoms with van der Waals surface area (Å²) in [5.74, 6) is -0.635. The number of aromatic nitrogens is 2. The van der Waals surface area contributed by atoms with Gasteiger partial charge in [0.2, 0.25) is 0 Å². The first kappa shape index (κ1) is 18.2. The second-order valence-electron chi connectivity index (χ2n) is 5.77. The molecule has 1 N–H and O–H groups in total. The molecule has 138 valence electrons. The average Bonchev–Trinajstić information content (AvgIpc) is 2.97. The second-order valence-corrected chi connectivity index (χ2v) is 5.77. The number of benzene rings is 1. The van der Waals surface area contributed by atoms with E-state index in [4.69, 9.17) is 9.47 Å². The number of carbonyl (C=O) groups is 1. The number of hydrogen-bond acceptors (Lipinski definition) is 4. The van der Waals surface area contributed by atoms with Gasteiger partial charge in [-0.25, -0.2) is 9.78 Å². The number of pyridine rings is 1. The Balaban J connectivity index is 2.13. The molecule has 0 saturated carbocycles. The second kappa shape index (κ2) is 6.95. The van der Waals surface area contributed by atoms with Crippen molar-refractivity contribution in [1.82, 2.24) is 9.97 Å². The molecule has 1 atom stereocenters. The quantitative estimate of drug-likeness (QED) is 0.674. The van der Waals surface area contributed by atoms with Crippen molar-refractivity contribution in [2.75, 3.05) is 13.2 Å². The van der Waals surface area contributed by atoms with E-state index in [1.807, 2.05) is 24.3 Å². The van der Waals surface area contributed by atoms with Gasteiger partial charge in [-0.05, 0) is 26.0 Å². The lowest BCUT2D eigenvalue weighted by molar-refractivity contribution is -0.184. The maximum absolute atomic E-state index is 12.5. The van der Waals surface area contributed by atoms with Gasteiger partial charge in [0.05, 0.1) is 23.9 Å². The molecule has 1 unspecified atom stereocenters. The summed E-state index contributed by atoms with van der Waals surface area (Å²) < 4.78 is 47.4. The first-order valence-electron chi connectivity index (χ1n) is 8.07. The summed E-state index contributed by atoms with van der Waals surface area (Å²) in [5.41, 5.74) is 1.58. The zero-order valence-electron chi connectivity index (χ0n) is 14.2. The Bertz CT molecular complexity index is 950. The van der Waals surface area contributed by atoms with Crippen LogP contribution < -0.4 is 0 Å². The van der Waals surface area contributed by atoms with E-state index in [1.165, 1.54) is 6.92 Å². The van der Waals surface area contributed by atoms with Crippen molar-refractivity contribution in [3.8, 4) is 0 Å². The molecular formula is C18H17F3N2O3. The molecule has 0 aliphatic carbocycles. The summed E-state index contributed by atoms with van der Waals surface area (Å²) in [6, 6.07) is 8.94. The minimum atomic E-state index is -4.45. The van der Waals surface area contributed by atoms with Crippen molar-refractivity contribution < 1.29 is 27.4 Å². The minimum absolute atomic E-state index is 0.0292. The summed E-state index contributed by atoms with van der Waals surface area (Å²) >= 11 is 0. The van der Waals surface area contributed by atoms with Gasteiger partial charge in [-0.3, -0.25) is 0 Å². The van der Waals surface area contributed by atoms with Crippen LogP contribution in [0.3, 0.4) is 0 Å². The molecule has 0 radical (unpaired) electrons. The van der Waals surface area contributed by atoms with Crippen LogP contribution >= 0.6 is 0 Å². The van der Waals surface area contributed by atoms with E-state index in [0.29, 0.717) is 10.9 Å². The normalized spacial score (nSPS) is 13.3. The number of para-hydroxylation sites is 1. The third-order valence-electron chi connectivity index (χ3n) is 3.89. The fourth-order valence-corrected chi connectivity index (χ4v) is 2.77. The van der Waals surface area contributed by atoms with E-state index < -0.39 is 24.9 Å². The van der Waals surface area contributed by atoms with Crippen molar-refractivity contribution in [3.63, 3.8) is 0 Å². The molecule has 0 aliphatic rings. The van der Waals surface area contributed by atoms with Crippen LogP contribution in [0, 0.1) is 0 Å². The molecule has 0 amide bonds. The maximum Gasteiger partial charge on any atom is 0.411 e. The van der Waals surface area contributed by atoms with Gasteiger partial charge >= 0.3 is 12.1 Å². The van der Waals surface area contributed by atoms with Gasteiger partial charge in [-0.1, -0.05) is 18.2 Å². The Labute approximate surface area is 147 Å². The lowest BCUT2D eigenvalue weighted by Gasteiger charge is -2.16. The van der Waals surface area contributed by atoms with Crippen LogP contribution in [0.15, 0.2) is 30.3 Å². The van der Waals surface area contributed by atoms with Gasteiger partial charge in [-0.2, -0.15) is 13.2 Å². The van der Waals surface area contributed by atoms with Crippen LogP contribution in [0.2, 0.25) is 0 Å². The number of aromatic amines is 1. The van der Waals surface area contributed by atoms with Gasteiger partial charge in [0.15, 0.2) is 0 Å². The molecule has 0 bridgehead atoms. The number of fused-ring (bicyclic) bond motifs is 3. The van der Waals surface area contributed by atoms with E-state index in [1.54, 1.807) is 13.0 Å². The van der Waals surface area contributed by atoms with Crippen LogP contribution in [0.5, 0.6) is 0 Å². The topological polar surface area (TPSA) is 64.2 Å². The SMILES string of the molecule is CCOC(=O)c1cc2c([nH]c3ccccc32)c(C(C)OCC(F)(F)F)n1. The Kier molecular flexibility index (Phi) is 4.86. The molecule has 0 aliphatic heterocycles. The number of carbonyl (C=O) groups excluding carboxylic acids is 1. The lowest BCUT2D eigenvalue weighted by Crippen LogP contribution is -2.19. The van der Waals surface area contributed by atoms with Crippen LogP contribution in [-0.2, 0) is 9.47 Å². The molecule has 0 fully saturated rings. The minimum Gasteiger partial charge on any atom is -0.461 e. The highest BCUT2D eigenvalue weighted by Crippen LogP contribution is 2.32. The Morgan fingerprint density at radius 3 is 2.69 bits per heavy atom. The number of H-pyrrole nitrogens is 1. The molecular weight excluding hydrogens is 349 g/mol. The molecule has 1 aromatic carbocycles. The Hall–Kier alpha value is -2.61. The van der Waals surface area contributed by atoms with Crippen LogP contribution in [-0.4, -0.2) is 35.3 Å². The average molecular weight is 366 g/mol. The van der Waals surface area contributed by atoms with Crippen molar-refractivity contribution >= 4 is 27.8 Å². The molecule has 0 saturated heterocycles.